The summed E-state index contributed by atoms with van der Waals surface area (Å²) in [4.78, 5) is 4.48. The molecule has 0 saturated heterocycles. The number of benzene rings is 1. The number of halogens is 2. The van der Waals surface area contributed by atoms with Gasteiger partial charge in [0.05, 0.1) is 5.52 Å². The van der Waals surface area contributed by atoms with Crippen molar-refractivity contribution in [3.63, 3.8) is 0 Å². The second-order valence-corrected chi connectivity index (χ2v) is 5.59. The zero-order valence-electron chi connectivity index (χ0n) is 9.51. The number of fused-ring (bicyclic) bond motifs is 1. The average molecular weight is 299 g/mol. The van der Waals surface area contributed by atoms with Crippen LogP contribution in [0.3, 0.4) is 0 Å². The van der Waals surface area contributed by atoms with Crippen LogP contribution in [0, 0.1) is 6.92 Å². The summed E-state index contributed by atoms with van der Waals surface area (Å²) in [5.41, 5.74) is 3.23. The Labute approximate surface area is 109 Å². The zero-order chi connectivity index (χ0) is 11.9. The molecule has 1 aromatic carbocycles. The Kier molecular flexibility index (Phi) is 3.22. The van der Waals surface area contributed by atoms with Crippen molar-refractivity contribution in [1.82, 2.24) is 4.98 Å². The number of nitrogens with zero attached hydrogens (tertiary/aromatic N) is 1. The molecule has 3 heteroatoms. The van der Waals surface area contributed by atoms with E-state index in [1.165, 1.54) is 0 Å². The van der Waals surface area contributed by atoms with Crippen molar-refractivity contribution in [1.29, 1.82) is 0 Å². The van der Waals surface area contributed by atoms with Crippen molar-refractivity contribution in [2.45, 2.75) is 26.7 Å². The molecular weight excluding hydrogens is 286 g/mol. The van der Waals surface area contributed by atoms with Crippen LogP contribution in [0.25, 0.3) is 10.9 Å². The number of hydrogen-bond acceptors (Lipinski definition) is 1. The molecule has 2 rings (SSSR count). The molecule has 0 unspecified atom stereocenters. The van der Waals surface area contributed by atoms with Crippen LogP contribution >= 0.6 is 27.5 Å². The van der Waals surface area contributed by atoms with E-state index in [0.717, 1.165) is 26.5 Å². The van der Waals surface area contributed by atoms with Crippen LogP contribution < -0.4 is 0 Å². The fourth-order valence-corrected chi connectivity index (χ4v) is 2.77. The highest BCUT2D eigenvalue weighted by molar-refractivity contribution is 9.10. The smallest absolute Gasteiger partial charge is 0.133 e. The Balaban J connectivity index is 2.79. The van der Waals surface area contributed by atoms with Crippen molar-refractivity contribution in [3.8, 4) is 0 Å². The highest BCUT2D eigenvalue weighted by Crippen LogP contribution is 2.29. The molecular formula is C13H13BrClN. The normalized spacial score (nSPS) is 11.4. The maximum absolute atomic E-state index is 6.19. The van der Waals surface area contributed by atoms with Gasteiger partial charge in [0.15, 0.2) is 0 Å². The number of pyridine rings is 1. The third kappa shape index (κ3) is 2.09. The highest BCUT2D eigenvalue weighted by Gasteiger charge is 2.10. The second kappa shape index (κ2) is 4.34. The molecule has 0 spiro atoms. The summed E-state index contributed by atoms with van der Waals surface area (Å²) in [5, 5.41) is 1.76. The Morgan fingerprint density at radius 2 is 1.94 bits per heavy atom. The summed E-state index contributed by atoms with van der Waals surface area (Å²) < 4.78 is 1.08. The van der Waals surface area contributed by atoms with Crippen LogP contribution in [-0.2, 0) is 0 Å². The first kappa shape index (κ1) is 11.9. The Bertz CT molecular complexity index is 549. The van der Waals surface area contributed by atoms with Gasteiger partial charge in [-0.2, -0.15) is 0 Å². The fourth-order valence-electron chi connectivity index (χ4n) is 1.82. The van der Waals surface area contributed by atoms with E-state index in [-0.39, 0.29) is 0 Å². The average Bonchev–Trinajstić information content (AvgIpc) is 2.18. The standard InChI is InChI=1S/C13H13BrClN/c1-7(2)11-6-9-5-10(14)4-8(3)12(9)16-13(11)15/h4-7H,1-3H3. The monoisotopic (exact) mass is 297 g/mol. The van der Waals surface area contributed by atoms with Crippen LogP contribution in [0.2, 0.25) is 5.15 Å². The second-order valence-electron chi connectivity index (χ2n) is 4.32. The molecule has 0 N–H and O–H groups in total. The van der Waals surface area contributed by atoms with E-state index >= 15 is 0 Å². The summed E-state index contributed by atoms with van der Waals surface area (Å²) in [6, 6.07) is 6.27. The first-order valence-corrected chi connectivity index (χ1v) is 6.42. The fraction of sp³-hybridized carbons (Fsp3) is 0.308. The number of aromatic nitrogens is 1. The van der Waals surface area contributed by atoms with E-state index in [4.69, 9.17) is 11.6 Å². The van der Waals surface area contributed by atoms with Crippen LogP contribution in [0.4, 0.5) is 0 Å². The summed E-state index contributed by atoms with van der Waals surface area (Å²) in [6.45, 7) is 6.30. The van der Waals surface area contributed by atoms with Gasteiger partial charge >= 0.3 is 0 Å². The quantitative estimate of drug-likeness (QED) is 0.669. The first-order chi connectivity index (χ1) is 7.49. The van der Waals surface area contributed by atoms with E-state index < -0.39 is 0 Å². The first-order valence-electron chi connectivity index (χ1n) is 5.25. The third-order valence-electron chi connectivity index (χ3n) is 2.68. The van der Waals surface area contributed by atoms with Gasteiger partial charge in [0.1, 0.15) is 5.15 Å². The SMILES string of the molecule is Cc1cc(Br)cc2cc(C(C)C)c(Cl)nc12. The van der Waals surface area contributed by atoms with Gasteiger partial charge in [0, 0.05) is 9.86 Å². The summed E-state index contributed by atoms with van der Waals surface area (Å²) in [5.74, 6) is 0.392. The molecule has 0 saturated carbocycles. The predicted molar refractivity (Wildman–Crippen MR) is 73.3 cm³/mol. The molecule has 84 valence electrons. The summed E-state index contributed by atoms with van der Waals surface area (Å²) in [6.07, 6.45) is 0. The van der Waals surface area contributed by atoms with Crippen molar-refractivity contribution >= 4 is 38.4 Å². The molecule has 0 aliphatic heterocycles. The minimum absolute atomic E-state index is 0.392. The Morgan fingerprint density at radius 1 is 1.25 bits per heavy atom. The predicted octanol–water partition coefficient (Wildman–Crippen LogP) is 5.08. The third-order valence-corrected chi connectivity index (χ3v) is 3.44. The van der Waals surface area contributed by atoms with Crippen molar-refractivity contribution < 1.29 is 0 Å². The lowest BCUT2D eigenvalue weighted by atomic mass is 10.0. The van der Waals surface area contributed by atoms with Crippen molar-refractivity contribution in [2.75, 3.05) is 0 Å². The lowest BCUT2D eigenvalue weighted by Crippen LogP contribution is -1.94. The topological polar surface area (TPSA) is 12.9 Å². The highest BCUT2D eigenvalue weighted by atomic mass is 79.9. The zero-order valence-corrected chi connectivity index (χ0v) is 11.9. The molecule has 1 nitrogen and oxygen atoms in total. The van der Waals surface area contributed by atoms with Crippen LogP contribution in [0.5, 0.6) is 0 Å². The minimum Gasteiger partial charge on any atom is -0.236 e. The van der Waals surface area contributed by atoms with Crippen molar-refractivity contribution in [2.24, 2.45) is 0 Å². The van der Waals surface area contributed by atoms with Crippen molar-refractivity contribution in [3.05, 3.63) is 39.0 Å². The molecule has 16 heavy (non-hydrogen) atoms. The number of hydrogen-bond donors (Lipinski definition) is 0. The molecule has 1 aromatic heterocycles. The molecule has 1 heterocycles. The molecule has 0 aliphatic rings. The molecule has 2 aromatic rings. The molecule has 0 radical (unpaired) electrons. The lowest BCUT2D eigenvalue weighted by molar-refractivity contribution is 0.862. The largest absolute Gasteiger partial charge is 0.236 e. The van der Waals surface area contributed by atoms with E-state index in [1.807, 2.05) is 6.92 Å². The molecule has 0 fully saturated rings. The van der Waals surface area contributed by atoms with Gasteiger partial charge in [-0.3, -0.25) is 0 Å². The van der Waals surface area contributed by atoms with Crippen LogP contribution in [0.1, 0.15) is 30.9 Å². The number of aryl methyl sites for hydroxylation is 1. The van der Waals surface area contributed by atoms with Gasteiger partial charge in [-0.25, -0.2) is 4.98 Å². The number of rotatable bonds is 1. The summed E-state index contributed by atoms with van der Waals surface area (Å²) >= 11 is 9.69. The lowest BCUT2D eigenvalue weighted by Gasteiger charge is -2.10. The summed E-state index contributed by atoms with van der Waals surface area (Å²) in [7, 11) is 0. The molecule has 0 aliphatic carbocycles. The van der Waals surface area contributed by atoms with E-state index in [9.17, 15) is 0 Å². The molecule has 0 atom stereocenters. The molecule has 0 bridgehead atoms. The van der Waals surface area contributed by atoms with Crippen LogP contribution in [-0.4, -0.2) is 4.98 Å². The van der Waals surface area contributed by atoms with Gasteiger partial charge in [-0.15, -0.1) is 0 Å². The van der Waals surface area contributed by atoms with Gasteiger partial charge in [0.25, 0.3) is 0 Å². The Morgan fingerprint density at radius 3 is 2.56 bits per heavy atom. The van der Waals surface area contributed by atoms with Gasteiger partial charge < -0.3 is 0 Å². The van der Waals surface area contributed by atoms with E-state index in [0.29, 0.717) is 11.1 Å². The van der Waals surface area contributed by atoms with Gasteiger partial charge in [-0.1, -0.05) is 41.4 Å². The maximum Gasteiger partial charge on any atom is 0.133 e. The maximum atomic E-state index is 6.19. The van der Waals surface area contributed by atoms with Crippen LogP contribution in [0.15, 0.2) is 22.7 Å². The van der Waals surface area contributed by atoms with Gasteiger partial charge in [0.2, 0.25) is 0 Å². The molecule has 0 amide bonds. The van der Waals surface area contributed by atoms with Gasteiger partial charge in [-0.05, 0) is 42.2 Å². The minimum atomic E-state index is 0.392. The van der Waals surface area contributed by atoms with E-state index in [1.54, 1.807) is 0 Å². The van der Waals surface area contributed by atoms with E-state index in [2.05, 4.69) is 53.0 Å². The Hall–Kier alpha value is -0.600.